The molecule has 0 unspecified atom stereocenters. The molecule has 1 N–H and O–H groups in total. The van der Waals surface area contributed by atoms with Gasteiger partial charge < -0.3 is 9.67 Å². The van der Waals surface area contributed by atoms with Gasteiger partial charge in [0, 0.05) is 13.2 Å². The van der Waals surface area contributed by atoms with E-state index in [0.29, 0.717) is 44.0 Å². The lowest BCUT2D eigenvalue weighted by molar-refractivity contribution is 0.0629. The van der Waals surface area contributed by atoms with Crippen LogP contribution in [0.2, 0.25) is 5.02 Å². The smallest absolute Gasteiger partial charge is 0.261 e. The average Bonchev–Trinajstić information content (AvgIpc) is 3.50. The van der Waals surface area contributed by atoms with Crippen molar-refractivity contribution in [3.8, 4) is 17.3 Å². The van der Waals surface area contributed by atoms with Crippen LogP contribution >= 0.6 is 11.6 Å². The Labute approximate surface area is 221 Å². The first-order valence-electron chi connectivity index (χ1n) is 11.9. The van der Waals surface area contributed by atoms with Crippen LogP contribution in [0.25, 0.3) is 22.3 Å². The molecule has 2 aromatic carbocycles. The molecule has 0 bridgehead atoms. The number of hydrogen-bond acceptors (Lipinski definition) is 5. The molecule has 0 saturated carbocycles. The monoisotopic (exact) mass is 529 g/mol. The predicted octanol–water partition coefficient (Wildman–Crippen LogP) is 5.01. The summed E-state index contributed by atoms with van der Waals surface area (Å²) in [6.45, 7) is -0.0299. The van der Waals surface area contributed by atoms with Crippen molar-refractivity contribution in [3.63, 3.8) is 0 Å². The summed E-state index contributed by atoms with van der Waals surface area (Å²) < 4.78 is 17.2. The number of rotatable bonds is 6. The zero-order valence-corrected chi connectivity index (χ0v) is 20.9. The summed E-state index contributed by atoms with van der Waals surface area (Å²) in [5.74, 6) is -1.29. The van der Waals surface area contributed by atoms with E-state index in [1.54, 1.807) is 71.0 Å². The van der Waals surface area contributed by atoms with Gasteiger partial charge in [0.25, 0.3) is 11.8 Å². The highest BCUT2D eigenvalue weighted by atomic mass is 35.5. The van der Waals surface area contributed by atoms with Crippen molar-refractivity contribution < 1.29 is 19.1 Å². The maximum absolute atomic E-state index is 14.0. The lowest BCUT2D eigenvalue weighted by Crippen LogP contribution is -2.36. The molecule has 10 heteroatoms. The van der Waals surface area contributed by atoms with Gasteiger partial charge in [0.05, 0.1) is 51.5 Å². The van der Waals surface area contributed by atoms with Gasteiger partial charge >= 0.3 is 0 Å². The molecular weight excluding hydrogens is 509 g/mol. The maximum Gasteiger partial charge on any atom is 0.261 e. The second-order valence-corrected chi connectivity index (χ2v) is 9.62. The molecule has 6 rings (SSSR count). The summed E-state index contributed by atoms with van der Waals surface area (Å²) in [5.41, 5.74) is 3.01. The normalized spacial score (nSPS) is 13.9. The molecule has 3 aromatic heterocycles. The molecular formula is C28H21ClFN5O3. The number of aromatic hydroxyl groups is 1. The number of aromatic nitrogens is 4. The van der Waals surface area contributed by atoms with Crippen LogP contribution in [-0.2, 0) is 13.5 Å². The van der Waals surface area contributed by atoms with Gasteiger partial charge in [0.1, 0.15) is 11.5 Å². The number of carbonyl (C=O) groups is 2. The first-order valence-corrected chi connectivity index (χ1v) is 12.3. The van der Waals surface area contributed by atoms with E-state index in [1.165, 1.54) is 23.2 Å². The van der Waals surface area contributed by atoms with E-state index in [4.69, 9.17) is 11.6 Å². The van der Waals surface area contributed by atoms with Crippen molar-refractivity contribution >= 4 is 34.3 Å². The second-order valence-electron chi connectivity index (χ2n) is 9.21. The third-order valence-corrected chi connectivity index (χ3v) is 7.11. The predicted molar refractivity (Wildman–Crippen MR) is 140 cm³/mol. The van der Waals surface area contributed by atoms with E-state index in [0.717, 1.165) is 0 Å². The second kappa shape index (κ2) is 9.11. The molecule has 190 valence electrons. The van der Waals surface area contributed by atoms with Gasteiger partial charge in [-0.05, 0) is 48.4 Å². The molecule has 1 aliphatic heterocycles. The highest BCUT2D eigenvalue weighted by molar-refractivity contribution is 6.33. The molecule has 0 spiro atoms. The average molecular weight is 530 g/mol. The minimum Gasteiger partial charge on any atom is -0.494 e. The third-order valence-electron chi connectivity index (χ3n) is 6.83. The minimum atomic E-state index is -0.600. The molecule has 5 aromatic rings. The zero-order chi connectivity index (χ0) is 26.6. The molecule has 0 saturated heterocycles. The summed E-state index contributed by atoms with van der Waals surface area (Å²) >= 11 is 6.30. The van der Waals surface area contributed by atoms with Gasteiger partial charge in [-0.15, -0.1) is 0 Å². The SMILES string of the molecule is Cn1ncc(Cl)c1-c1ccc2c(O)n([C@@H](Cc3cccc(F)c3)CN3C(=O)c4ccccc4C3=O)cc2n1. The quantitative estimate of drug-likeness (QED) is 0.312. The third kappa shape index (κ3) is 3.92. The van der Waals surface area contributed by atoms with Crippen molar-refractivity contribution in [1.29, 1.82) is 0 Å². The highest BCUT2D eigenvalue weighted by Gasteiger charge is 2.37. The van der Waals surface area contributed by atoms with Crippen LogP contribution in [0.15, 0.2) is 73.1 Å². The number of amides is 2. The largest absolute Gasteiger partial charge is 0.494 e. The fourth-order valence-electron chi connectivity index (χ4n) is 5.01. The Balaban J connectivity index is 1.42. The van der Waals surface area contributed by atoms with Crippen LogP contribution in [0.4, 0.5) is 4.39 Å². The number of aryl methyl sites for hydroxylation is 1. The molecule has 1 atom stereocenters. The number of fused-ring (bicyclic) bond motifs is 2. The van der Waals surface area contributed by atoms with E-state index in [1.807, 2.05) is 0 Å². The molecule has 38 heavy (non-hydrogen) atoms. The molecule has 1 aliphatic rings. The summed E-state index contributed by atoms with van der Waals surface area (Å²) in [7, 11) is 1.76. The topological polar surface area (TPSA) is 93.2 Å². The van der Waals surface area contributed by atoms with Crippen LogP contribution in [0.1, 0.15) is 32.3 Å². The van der Waals surface area contributed by atoms with E-state index < -0.39 is 23.7 Å². The van der Waals surface area contributed by atoms with E-state index in [9.17, 15) is 19.1 Å². The van der Waals surface area contributed by atoms with E-state index in [-0.39, 0.29) is 18.8 Å². The molecule has 0 radical (unpaired) electrons. The van der Waals surface area contributed by atoms with Gasteiger partial charge in [-0.25, -0.2) is 9.37 Å². The van der Waals surface area contributed by atoms with E-state index in [2.05, 4.69) is 10.1 Å². The first-order chi connectivity index (χ1) is 18.3. The van der Waals surface area contributed by atoms with Gasteiger partial charge in [0.15, 0.2) is 0 Å². The van der Waals surface area contributed by atoms with Crippen LogP contribution in [0.5, 0.6) is 5.88 Å². The summed E-state index contributed by atoms with van der Waals surface area (Å²) in [6.07, 6.45) is 3.45. The van der Waals surface area contributed by atoms with Gasteiger partial charge in [-0.3, -0.25) is 19.2 Å². The fraction of sp³-hybridized carbons (Fsp3) is 0.143. The van der Waals surface area contributed by atoms with Gasteiger partial charge in [-0.1, -0.05) is 35.9 Å². The molecule has 2 amide bonds. The number of halogens is 2. The van der Waals surface area contributed by atoms with Gasteiger partial charge in [0.2, 0.25) is 5.88 Å². The highest BCUT2D eigenvalue weighted by Crippen LogP contribution is 2.35. The van der Waals surface area contributed by atoms with Crippen molar-refractivity contribution in [3.05, 3.63) is 101 Å². The number of carbonyl (C=O) groups excluding carboxylic acids is 2. The number of hydrogen-bond donors (Lipinski definition) is 1. The molecule has 4 heterocycles. The van der Waals surface area contributed by atoms with Crippen LogP contribution in [-0.4, -0.2) is 47.7 Å². The van der Waals surface area contributed by atoms with Gasteiger partial charge in [-0.2, -0.15) is 5.10 Å². The van der Waals surface area contributed by atoms with Crippen LogP contribution < -0.4 is 0 Å². The number of benzene rings is 2. The first kappa shape index (κ1) is 23.9. The zero-order valence-electron chi connectivity index (χ0n) is 20.2. The molecule has 0 fully saturated rings. The van der Waals surface area contributed by atoms with Crippen molar-refractivity contribution in [1.82, 2.24) is 24.2 Å². The Bertz CT molecular complexity index is 1690. The summed E-state index contributed by atoms with van der Waals surface area (Å²) in [5, 5.41) is 16.3. The van der Waals surface area contributed by atoms with Crippen molar-refractivity contribution in [2.45, 2.75) is 12.5 Å². The Kier molecular flexibility index (Phi) is 5.72. The van der Waals surface area contributed by atoms with Crippen LogP contribution in [0, 0.1) is 5.82 Å². The Hall–Kier alpha value is -4.50. The summed E-state index contributed by atoms with van der Waals surface area (Å²) in [4.78, 5) is 32.1. The Morgan fingerprint density at radius 3 is 2.42 bits per heavy atom. The van der Waals surface area contributed by atoms with Crippen LogP contribution in [0.3, 0.4) is 0 Å². The van der Waals surface area contributed by atoms with E-state index >= 15 is 0 Å². The minimum absolute atomic E-state index is 0.0299. The Morgan fingerprint density at radius 2 is 1.76 bits per heavy atom. The van der Waals surface area contributed by atoms with Crippen molar-refractivity contribution in [2.24, 2.45) is 7.05 Å². The maximum atomic E-state index is 14.0. The number of nitrogens with zero attached hydrogens (tertiary/aromatic N) is 5. The molecule has 8 nitrogen and oxygen atoms in total. The van der Waals surface area contributed by atoms with Crippen molar-refractivity contribution in [2.75, 3.05) is 6.54 Å². The lowest BCUT2D eigenvalue weighted by Gasteiger charge is -2.25. The number of imide groups is 1. The molecule has 0 aliphatic carbocycles. The lowest BCUT2D eigenvalue weighted by atomic mass is 10.0. The number of pyridine rings is 1. The fourth-order valence-corrected chi connectivity index (χ4v) is 5.27. The Morgan fingerprint density at radius 1 is 1.03 bits per heavy atom. The summed E-state index contributed by atoms with van der Waals surface area (Å²) in [6, 6.07) is 15.6. The standard InChI is InChI=1S/C28H21ClFN5O3/c1-33-25(22(29)13-31-33)23-10-9-21-24(32-23)15-34(28(21)38)18(12-16-5-4-6-17(30)11-16)14-35-26(36)19-7-2-3-8-20(19)27(35)37/h2-11,13,15,18,38H,12,14H2,1H3/t18-/m0/s1.